The fourth-order valence-corrected chi connectivity index (χ4v) is 2.13. The topological polar surface area (TPSA) is 17.1 Å². The molecule has 86 valence electrons. The second kappa shape index (κ2) is 5.64. The molecule has 1 heteroatoms. The zero-order chi connectivity index (χ0) is 12.1. The van der Waals surface area contributed by atoms with E-state index in [1.807, 2.05) is 6.92 Å². The van der Waals surface area contributed by atoms with Crippen LogP contribution in [0.15, 0.2) is 23.8 Å². The lowest BCUT2D eigenvalue weighted by molar-refractivity contribution is -0.104. The maximum Gasteiger partial charge on any atom is 0.142 e. The number of allylic oxidation sites excluding steroid dienone is 2. The van der Waals surface area contributed by atoms with Crippen molar-refractivity contribution >= 4 is 6.29 Å². The van der Waals surface area contributed by atoms with Gasteiger partial charge in [0.1, 0.15) is 6.29 Å². The van der Waals surface area contributed by atoms with Crippen molar-refractivity contribution in [3.8, 4) is 0 Å². The van der Waals surface area contributed by atoms with Crippen LogP contribution in [0, 0.1) is 20.8 Å². The lowest BCUT2D eigenvalue weighted by Gasteiger charge is -2.11. The van der Waals surface area contributed by atoms with Crippen molar-refractivity contribution in [3.05, 3.63) is 46.0 Å². The van der Waals surface area contributed by atoms with Crippen molar-refractivity contribution in [2.24, 2.45) is 0 Å². The average Bonchev–Trinajstić information content (AvgIpc) is 2.16. The lowest BCUT2D eigenvalue weighted by Crippen LogP contribution is -1.96. The van der Waals surface area contributed by atoms with E-state index < -0.39 is 0 Å². The molecule has 0 heterocycles. The molecular formula is C15H20O. The van der Waals surface area contributed by atoms with Gasteiger partial charge in [-0.25, -0.2) is 0 Å². The van der Waals surface area contributed by atoms with Gasteiger partial charge in [0, 0.05) is 0 Å². The Morgan fingerprint density at radius 2 is 1.75 bits per heavy atom. The Bertz CT molecular complexity index is 390. The van der Waals surface area contributed by atoms with Crippen LogP contribution in [0.1, 0.15) is 35.6 Å². The van der Waals surface area contributed by atoms with E-state index in [4.69, 9.17) is 0 Å². The number of carbonyl (C=O) groups is 1. The summed E-state index contributed by atoms with van der Waals surface area (Å²) in [5, 5.41) is 0. The fourth-order valence-electron chi connectivity index (χ4n) is 2.13. The van der Waals surface area contributed by atoms with E-state index in [0.29, 0.717) is 0 Å². The minimum Gasteiger partial charge on any atom is -0.299 e. The highest BCUT2D eigenvalue weighted by Crippen LogP contribution is 2.19. The van der Waals surface area contributed by atoms with Crippen molar-refractivity contribution in [3.63, 3.8) is 0 Å². The number of hydrogen-bond donors (Lipinski definition) is 0. The van der Waals surface area contributed by atoms with Crippen LogP contribution in [-0.2, 0) is 11.2 Å². The second-order valence-corrected chi connectivity index (χ2v) is 4.53. The Labute approximate surface area is 98.2 Å². The summed E-state index contributed by atoms with van der Waals surface area (Å²) in [6.45, 7) is 8.46. The van der Waals surface area contributed by atoms with Crippen LogP contribution in [-0.4, -0.2) is 6.29 Å². The predicted octanol–water partition coefficient (Wildman–Crippen LogP) is 3.69. The van der Waals surface area contributed by atoms with E-state index in [-0.39, 0.29) is 0 Å². The van der Waals surface area contributed by atoms with E-state index >= 15 is 0 Å². The van der Waals surface area contributed by atoms with E-state index in [1.165, 1.54) is 22.3 Å². The molecule has 1 nitrogen and oxygen atoms in total. The molecule has 0 saturated carbocycles. The molecule has 1 rings (SSSR count). The number of hydrogen-bond acceptors (Lipinski definition) is 1. The molecule has 0 fully saturated rings. The van der Waals surface area contributed by atoms with Crippen LogP contribution in [0.4, 0.5) is 0 Å². The summed E-state index contributed by atoms with van der Waals surface area (Å²) in [5.41, 5.74) is 6.60. The maximum absolute atomic E-state index is 10.3. The van der Waals surface area contributed by atoms with Crippen molar-refractivity contribution in [2.45, 2.75) is 40.5 Å². The van der Waals surface area contributed by atoms with Crippen LogP contribution in [0.5, 0.6) is 0 Å². The number of aldehydes is 1. The molecule has 0 bridgehead atoms. The van der Waals surface area contributed by atoms with Gasteiger partial charge in [-0.15, -0.1) is 0 Å². The number of rotatable bonds is 4. The zero-order valence-electron chi connectivity index (χ0n) is 10.6. The Morgan fingerprint density at radius 1 is 1.19 bits per heavy atom. The largest absolute Gasteiger partial charge is 0.299 e. The van der Waals surface area contributed by atoms with Gasteiger partial charge < -0.3 is 0 Å². The molecule has 0 aliphatic carbocycles. The highest BCUT2D eigenvalue weighted by atomic mass is 16.1. The Morgan fingerprint density at radius 3 is 2.25 bits per heavy atom. The van der Waals surface area contributed by atoms with Gasteiger partial charge in [-0.05, 0) is 63.3 Å². The van der Waals surface area contributed by atoms with Gasteiger partial charge in [-0.3, -0.25) is 4.79 Å². The summed E-state index contributed by atoms with van der Waals surface area (Å²) in [6.07, 6.45) is 4.50. The second-order valence-electron chi connectivity index (χ2n) is 4.53. The molecule has 0 atom stereocenters. The first kappa shape index (κ1) is 12.7. The molecule has 0 unspecified atom stereocenters. The summed E-state index contributed by atoms with van der Waals surface area (Å²) in [4.78, 5) is 10.3. The Balaban J connectivity index is 2.82. The number of aryl methyl sites for hydroxylation is 3. The third-order valence-corrected chi connectivity index (χ3v) is 2.96. The van der Waals surface area contributed by atoms with Gasteiger partial charge in [-0.2, -0.15) is 0 Å². The van der Waals surface area contributed by atoms with Crippen molar-refractivity contribution < 1.29 is 4.79 Å². The molecule has 16 heavy (non-hydrogen) atoms. The van der Waals surface area contributed by atoms with Gasteiger partial charge >= 0.3 is 0 Å². The lowest BCUT2D eigenvalue weighted by atomic mass is 9.95. The average molecular weight is 216 g/mol. The monoisotopic (exact) mass is 216 g/mol. The quantitative estimate of drug-likeness (QED) is 0.554. The normalized spacial score (nSPS) is 11.6. The third-order valence-electron chi connectivity index (χ3n) is 2.96. The van der Waals surface area contributed by atoms with Crippen LogP contribution < -0.4 is 0 Å². The standard InChI is InChI=1S/C15H20O/c1-11(7-8-16)5-6-15-13(3)9-12(2)10-14(15)4/h7-10H,5-6H2,1-4H3. The Hall–Kier alpha value is -1.37. The van der Waals surface area contributed by atoms with Crippen molar-refractivity contribution in [1.29, 1.82) is 0 Å². The van der Waals surface area contributed by atoms with E-state index in [2.05, 4.69) is 32.9 Å². The summed E-state index contributed by atoms with van der Waals surface area (Å²) in [5.74, 6) is 0. The zero-order valence-corrected chi connectivity index (χ0v) is 10.6. The van der Waals surface area contributed by atoms with Gasteiger partial charge in [0.05, 0.1) is 0 Å². The minimum atomic E-state index is 0.865. The van der Waals surface area contributed by atoms with Gasteiger partial charge in [0.25, 0.3) is 0 Å². The summed E-state index contributed by atoms with van der Waals surface area (Å²) >= 11 is 0. The summed E-state index contributed by atoms with van der Waals surface area (Å²) in [7, 11) is 0. The number of carbonyl (C=O) groups excluding carboxylic acids is 1. The highest BCUT2D eigenvalue weighted by Gasteiger charge is 2.03. The predicted molar refractivity (Wildman–Crippen MR) is 68.8 cm³/mol. The van der Waals surface area contributed by atoms with Crippen LogP contribution >= 0.6 is 0 Å². The molecule has 0 radical (unpaired) electrons. The molecule has 0 aliphatic rings. The molecule has 0 aromatic heterocycles. The van der Waals surface area contributed by atoms with Gasteiger partial charge in [-0.1, -0.05) is 23.3 Å². The molecule has 0 amide bonds. The van der Waals surface area contributed by atoms with E-state index in [0.717, 1.165) is 24.7 Å². The molecule has 0 aliphatic heterocycles. The third kappa shape index (κ3) is 3.34. The molecule has 0 spiro atoms. The van der Waals surface area contributed by atoms with Crippen molar-refractivity contribution in [1.82, 2.24) is 0 Å². The molecule has 0 N–H and O–H groups in total. The number of benzene rings is 1. The van der Waals surface area contributed by atoms with Gasteiger partial charge in [0.2, 0.25) is 0 Å². The van der Waals surface area contributed by atoms with Crippen LogP contribution in [0.3, 0.4) is 0 Å². The minimum absolute atomic E-state index is 0.865. The smallest absolute Gasteiger partial charge is 0.142 e. The maximum atomic E-state index is 10.3. The van der Waals surface area contributed by atoms with Crippen molar-refractivity contribution in [2.75, 3.05) is 0 Å². The Kier molecular flexibility index (Phi) is 4.48. The van der Waals surface area contributed by atoms with Crippen LogP contribution in [0.25, 0.3) is 0 Å². The first-order valence-corrected chi connectivity index (χ1v) is 5.72. The first-order valence-electron chi connectivity index (χ1n) is 5.72. The summed E-state index contributed by atoms with van der Waals surface area (Å²) in [6, 6.07) is 4.45. The molecule has 0 saturated heterocycles. The van der Waals surface area contributed by atoms with E-state index in [9.17, 15) is 4.79 Å². The molecular weight excluding hydrogens is 196 g/mol. The molecule has 1 aromatic rings. The SMILES string of the molecule is CC(=CC=O)CCc1c(C)cc(C)cc1C. The van der Waals surface area contributed by atoms with Gasteiger partial charge in [0.15, 0.2) is 0 Å². The highest BCUT2D eigenvalue weighted by molar-refractivity contribution is 5.65. The summed E-state index contributed by atoms with van der Waals surface area (Å²) < 4.78 is 0. The molecule has 1 aromatic carbocycles. The van der Waals surface area contributed by atoms with Crippen LogP contribution in [0.2, 0.25) is 0 Å². The van der Waals surface area contributed by atoms with E-state index in [1.54, 1.807) is 6.08 Å². The fraction of sp³-hybridized carbons (Fsp3) is 0.400. The first-order chi connectivity index (χ1) is 7.54.